The summed E-state index contributed by atoms with van der Waals surface area (Å²) < 4.78 is 2.17. The third kappa shape index (κ3) is 2.67. The zero-order valence-electron chi connectivity index (χ0n) is 13.7. The molecule has 0 spiro atoms. The molecular formula is C19H19ClN2O2. The van der Waals surface area contributed by atoms with Crippen molar-refractivity contribution in [1.29, 1.82) is 0 Å². The monoisotopic (exact) mass is 342 g/mol. The molecule has 0 aliphatic heterocycles. The van der Waals surface area contributed by atoms with Gasteiger partial charge in [0, 0.05) is 52.4 Å². The Kier molecular flexibility index (Phi) is 4.58. The van der Waals surface area contributed by atoms with E-state index in [9.17, 15) is 9.59 Å². The van der Waals surface area contributed by atoms with Gasteiger partial charge in [0.1, 0.15) is 0 Å². The number of carbonyl (C=O) groups is 2. The van der Waals surface area contributed by atoms with E-state index in [1.54, 1.807) is 14.0 Å². The lowest BCUT2D eigenvalue weighted by Gasteiger charge is -2.06. The van der Waals surface area contributed by atoms with E-state index >= 15 is 0 Å². The number of nitrogens with zero attached hydrogens (tertiary/aromatic N) is 1. The Balaban J connectivity index is 2.41. The Morgan fingerprint density at radius 2 is 1.96 bits per heavy atom. The molecule has 1 heterocycles. The van der Waals surface area contributed by atoms with Crippen LogP contribution in [0.1, 0.15) is 34.1 Å². The van der Waals surface area contributed by atoms with Crippen LogP contribution in [0.3, 0.4) is 0 Å². The summed E-state index contributed by atoms with van der Waals surface area (Å²) >= 11 is 5.87. The number of rotatable bonds is 5. The van der Waals surface area contributed by atoms with Crippen LogP contribution in [0, 0.1) is 0 Å². The van der Waals surface area contributed by atoms with Crippen LogP contribution in [-0.2, 0) is 6.54 Å². The van der Waals surface area contributed by atoms with Gasteiger partial charge in [-0.15, -0.1) is 11.6 Å². The molecule has 0 saturated heterocycles. The van der Waals surface area contributed by atoms with Gasteiger partial charge in [0.25, 0.3) is 5.91 Å². The fourth-order valence-electron chi connectivity index (χ4n) is 3.15. The van der Waals surface area contributed by atoms with E-state index < -0.39 is 0 Å². The van der Waals surface area contributed by atoms with E-state index in [0.717, 1.165) is 34.8 Å². The fraction of sp³-hybridized carbons (Fsp3) is 0.263. The van der Waals surface area contributed by atoms with E-state index in [1.807, 2.05) is 36.4 Å². The van der Waals surface area contributed by atoms with Crippen LogP contribution < -0.4 is 5.32 Å². The van der Waals surface area contributed by atoms with Crippen molar-refractivity contribution in [2.45, 2.75) is 19.9 Å². The van der Waals surface area contributed by atoms with Crippen molar-refractivity contribution < 1.29 is 9.59 Å². The average Bonchev–Trinajstić information content (AvgIpc) is 2.92. The molecule has 0 aliphatic rings. The number of hydrogen-bond acceptors (Lipinski definition) is 2. The fourth-order valence-corrected chi connectivity index (χ4v) is 3.27. The molecule has 0 bridgehead atoms. The number of nitrogens with one attached hydrogen (secondary N) is 1. The topological polar surface area (TPSA) is 51.1 Å². The Labute approximate surface area is 145 Å². The van der Waals surface area contributed by atoms with E-state index in [-0.39, 0.29) is 11.7 Å². The molecule has 0 radical (unpaired) electrons. The molecule has 0 atom stereocenters. The quantitative estimate of drug-likeness (QED) is 0.563. The highest BCUT2D eigenvalue weighted by molar-refractivity contribution is 6.19. The second kappa shape index (κ2) is 6.65. The van der Waals surface area contributed by atoms with Crippen molar-refractivity contribution in [1.82, 2.24) is 9.88 Å². The Morgan fingerprint density at radius 1 is 1.17 bits per heavy atom. The van der Waals surface area contributed by atoms with E-state index in [4.69, 9.17) is 11.6 Å². The Morgan fingerprint density at radius 3 is 2.62 bits per heavy atom. The van der Waals surface area contributed by atoms with Gasteiger partial charge < -0.3 is 9.88 Å². The molecule has 1 aromatic heterocycles. The SMILES string of the molecule is CNC(=O)c1cccc2c1c1cc(C(C)=O)ccc1n2CCCCl. The van der Waals surface area contributed by atoms with Gasteiger partial charge in [-0.05, 0) is 43.7 Å². The third-order valence-corrected chi connectivity index (χ3v) is 4.55. The van der Waals surface area contributed by atoms with Gasteiger partial charge in [-0.25, -0.2) is 0 Å². The van der Waals surface area contributed by atoms with Crippen molar-refractivity contribution in [2.24, 2.45) is 0 Å². The summed E-state index contributed by atoms with van der Waals surface area (Å²) in [6.45, 7) is 2.31. The normalized spacial score (nSPS) is 11.1. The van der Waals surface area contributed by atoms with Gasteiger partial charge in [-0.2, -0.15) is 0 Å². The van der Waals surface area contributed by atoms with Crippen LogP contribution in [0.4, 0.5) is 0 Å². The van der Waals surface area contributed by atoms with Crippen LogP contribution >= 0.6 is 11.6 Å². The third-order valence-electron chi connectivity index (χ3n) is 4.28. The number of Topliss-reactive ketones (excluding diaryl/α,β-unsaturated/α-hetero) is 1. The number of carbonyl (C=O) groups excluding carboxylic acids is 2. The summed E-state index contributed by atoms with van der Waals surface area (Å²) in [5.41, 5.74) is 3.25. The molecule has 5 heteroatoms. The van der Waals surface area contributed by atoms with Crippen LogP contribution in [0.15, 0.2) is 36.4 Å². The number of alkyl halides is 1. The molecule has 1 N–H and O–H groups in total. The summed E-state index contributed by atoms with van der Waals surface area (Å²) in [6.07, 6.45) is 0.832. The summed E-state index contributed by atoms with van der Waals surface area (Å²) in [5.74, 6) is 0.447. The highest BCUT2D eigenvalue weighted by Gasteiger charge is 2.17. The number of aryl methyl sites for hydroxylation is 1. The minimum atomic E-state index is -0.134. The molecule has 3 rings (SSSR count). The molecule has 4 nitrogen and oxygen atoms in total. The number of aromatic nitrogens is 1. The highest BCUT2D eigenvalue weighted by Crippen LogP contribution is 2.33. The minimum absolute atomic E-state index is 0.0102. The lowest BCUT2D eigenvalue weighted by atomic mass is 10.0. The number of hydrogen-bond donors (Lipinski definition) is 1. The molecule has 2 aromatic carbocycles. The van der Waals surface area contributed by atoms with Crippen LogP contribution in [0.25, 0.3) is 21.8 Å². The zero-order chi connectivity index (χ0) is 17.3. The molecule has 0 unspecified atom stereocenters. The summed E-state index contributed by atoms with van der Waals surface area (Å²) in [4.78, 5) is 24.1. The summed E-state index contributed by atoms with van der Waals surface area (Å²) in [6, 6.07) is 11.4. The van der Waals surface area contributed by atoms with Gasteiger partial charge >= 0.3 is 0 Å². The van der Waals surface area contributed by atoms with Gasteiger partial charge in [-0.1, -0.05) is 6.07 Å². The molecule has 0 saturated carbocycles. The largest absolute Gasteiger partial charge is 0.355 e. The van der Waals surface area contributed by atoms with Crippen molar-refractivity contribution >= 4 is 45.1 Å². The van der Waals surface area contributed by atoms with Crippen LogP contribution in [0.5, 0.6) is 0 Å². The van der Waals surface area contributed by atoms with Crippen LogP contribution in [-0.4, -0.2) is 29.2 Å². The standard InChI is InChI=1S/C19H19ClN2O2/c1-12(23)13-7-8-16-15(11-13)18-14(19(24)21-2)5-3-6-17(18)22(16)10-4-9-20/h3,5-8,11H,4,9-10H2,1-2H3,(H,21,24). The van der Waals surface area contributed by atoms with Crippen LogP contribution in [0.2, 0.25) is 0 Å². The first kappa shape index (κ1) is 16.5. The smallest absolute Gasteiger partial charge is 0.251 e. The van der Waals surface area contributed by atoms with Gasteiger partial charge in [-0.3, -0.25) is 9.59 Å². The maximum atomic E-state index is 12.3. The summed E-state index contributed by atoms with van der Waals surface area (Å²) in [5, 5.41) is 4.49. The summed E-state index contributed by atoms with van der Waals surface area (Å²) in [7, 11) is 1.62. The van der Waals surface area contributed by atoms with Gasteiger partial charge in [0.05, 0.1) is 0 Å². The first-order chi connectivity index (χ1) is 11.6. The van der Waals surface area contributed by atoms with E-state index in [1.165, 1.54) is 0 Å². The number of benzene rings is 2. The second-order valence-corrected chi connectivity index (χ2v) is 6.14. The first-order valence-corrected chi connectivity index (χ1v) is 8.46. The molecular weight excluding hydrogens is 324 g/mol. The number of fused-ring (bicyclic) bond motifs is 3. The molecule has 3 aromatic rings. The molecule has 0 aliphatic carbocycles. The predicted molar refractivity (Wildman–Crippen MR) is 98.2 cm³/mol. The highest BCUT2D eigenvalue weighted by atomic mass is 35.5. The number of halogens is 1. The first-order valence-electron chi connectivity index (χ1n) is 7.92. The molecule has 0 fully saturated rings. The zero-order valence-corrected chi connectivity index (χ0v) is 14.5. The van der Waals surface area contributed by atoms with E-state index in [0.29, 0.717) is 17.0 Å². The van der Waals surface area contributed by atoms with Crippen molar-refractivity contribution in [3.05, 3.63) is 47.5 Å². The molecule has 124 valence electrons. The minimum Gasteiger partial charge on any atom is -0.355 e. The molecule has 24 heavy (non-hydrogen) atoms. The van der Waals surface area contributed by atoms with Crippen molar-refractivity contribution in [2.75, 3.05) is 12.9 Å². The number of amides is 1. The Hall–Kier alpha value is -2.33. The van der Waals surface area contributed by atoms with Crippen molar-refractivity contribution in [3.8, 4) is 0 Å². The van der Waals surface area contributed by atoms with Crippen molar-refractivity contribution in [3.63, 3.8) is 0 Å². The van der Waals surface area contributed by atoms with Gasteiger partial charge in [0.15, 0.2) is 5.78 Å². The lowest BCUT2D eigenvalue weighted by Crippen LogP contribution is -2.17. The van der Waals surface area contributed by atoms with E-state index in [2.05, 4.69) is 9.88 Å². The average molecular weight is 343 g/mol. The lowest BCUT2D eigenvalue weighted by molar-refractivity contribution is 0.0963. The second-order valence-electron chi connectivity index (χ2n) is 5.76. The molecule has 1 amide bonds. The van der Waals surface area contributed by atoms with Gasteiger partial charge in [0.2, 0.25) is 0 Å². The number of ketones is 1. The Bertz CT molecular complexity index is 943. The maximum absolute atomic E-state index is 12.3. The predicted octanol–water partition coefficient (Wildman–Crippen LogP) is 3.99. The maximum Gasteiger partial charge on any atom is 0.251 e.